The van der Waals surface area contributed by atoms with Gasteiger partial charge in [0.2, 0.25) is 0 Å². The minimum atomic E-state index is -0.176. The number of amides is 1. The topological polar surface area (TPSA) is 88.5 Å². The van der Waals surface area contributed by atoms with Crippen molar-refractivity contribution in [3.63, 3.8) is 0 Å². The van der Waals surface area contributed by atoms with Gasteiger partial charge in [-0.25, -0.2) is 4.98 Å². The van der Waals surface area contributed by atoms with Crippen LogP contribution in [0.2, 0.25) is 0 Å². The molecular weight excluding hydrogens is 304 g/mol. The zero-order valence-electron chi connectivity index (χ0n) is 13.6. The summed E-state index contributed by atoms with van der Waals surface area (Å²) in [6.07, 6.45) is 1.73. The van der Waals surface area contributed by atoms with E-state index in [0.29, 0.717) is 11.2 Å². The summed E-state index contributed by atoms with van der Waals surface area (Å²) in [7, 11) is 1.83. The monoisotopic (exact) mass is 320 g/mol. The molecule has 0 saturated carbocycles. The Balaban J connectivity index is 1.77. The minimum absolute atomic E-state index is 0.176. The van der Waals surface area contributed by atoms with Gasteiger partial charge in [0.1, 0.15) is 0 Å². The lowest BCUT2D eigenvalue weighted by atomic mass is 10.1. The SMILES string of the molecule is Cc1cc(C(=O)Nc2ccc3[nH]ncc3c2)c2c(C)nn(C)c2n1. The van der Waals surface area contributed by atoms with Crippen molar-refractivity contribution in [2.24, 2.45) is 7.05 Å². The van der Waals surface area contributed by atoms with Crippen molar-refractivity contribution < 1.29 is 4.79 Å². The van der Waals surface area contributed by atoms with Crippen LogP contribution in [-0.4, -0.2) is 30.9 Å². The predicted octanol–water partition coefficient (Wildman–Crippen LogP) is 2.71. The molecule has 0 radical (unpaired) electrons. The molecule has 4 rings (SSSR count). The first-order chi connectivity index (χ1) is 11.5. The van der Waals surface area contributed by atoms with E-state index in [1.807, 2.05) is 39.1 Å². The van der Waals surface area contributed by atoms with Gasteiger partial charge in [-0.15, -0.1) is 0 Å². The molecule has 3 heterocycles. The van der Waals surface area contributed by atoms with Gasteiger partial charge in [0.25, 0.3) is 5.91 Å². The van der Waals surface area contributed by atoms with Crippen molar-refractivity contribution in [3.8, 4) is 0 Å². The van der Waals surface area contributed by atoms with E-state index >= 15 is 0 Å². The zero-order chi connectivity index (χ0) is 16.8. The molecule has 2 N–H and O–H groups in total. The third-order valence-corrected chi connectivity index (χ3v) is 4.04. The molecular formula is C17H16N6O. The van der Waals surface area contributed by atoms with Crippen LogP contribution in [0.3, 0.4) is 0 Å². The predicted molar refractivity (Wildman–Crippen MR) is 92.0 cm³/mol. The highest BCUT2D eigenvalue weighted by Gasteiger charge is 2.18. The third-order valence-electron chi connectivity index (χ3n) is 4.04. The first-order valence-electron chi connectivity index (χ1n) is 7.58. The quantitative estimate of drug-likeness (QED) is 0.594. The Bertz CT molecular complexity index is 1090. The van der Waals surface area contributed by atoms with E-state index in [9.17, 15) is 4.79 Å². The second-order valence-corrected chi connectivity index (χ2v) is 5.84. The molecule has 24 heavy (non-hydrogen) atoms. The van der Waals surface area contributed by atoms with Crippen LogP contribution in [0.25, 0.3) is 21.9 Å². The second kappa shape index (κ2) is 5.16. The number of aromatic nitrogens is 5. The molecule has 0 bridgehead atoms. The first-order valence-corrected chi connectivity index (χ1v) is 7.58. The van der Waals surface area contributed by atoms with E-state index in [4.69, 9.17) is 0 Å². The summed E-state index contributed by atoms with van der Waals surface area (Å²) in [5.41, 5.74) is 4.51. The molecule has 7 nitrogen and oxygen atoms in total. The third kappa shape index (κ3) is 2.21. The van der Waals surface area contributed by atoms with E-state index in [1.54, 1.807) is 16.9 Å². The van der Waals surface area contributed by atoms with Crippen molar-refractivity contribution in [2.75, 3.05) is 5.32 Å². The molecule has 0 atom stereocenters. The Kier molecular flexibility index (Phi) is 3.09. The number of anilines is 1. The van der Waals surface area contributed by atoms with Crippen LogP contribution < -0.4 is 5.32 Å². The minimum Gasteiger partial charge on any atom is -0.322 e. The smallest absolute Gasteiger partial charge is 0.256 e. The molecule has 3 aromatic heterocycles. The lowest BCUT2D eigenvalue weighted by Gasteiger charge is -2.08. The molecule has 0 aliphatic carbocycles. The van der Waals surface area contributed by atoms with Crippen molar-refractivity contribution in [1.82, 2.24) is 25.0 Å². The molecule has 1 amide bonds. The van der Waals surface area contributed by atoms with Gasteiger partial charge in [-0.2, -0.15) is 10.2 Å². The fraction of sp³-hybridized carbons (Fsp3) is 0.176. The Labute approximate surface area is 137 Å². The molecule has 120 valence electrons. The number of nitrogens with zero attached hydrogens (tertiary/aromatic N) is 4. The maximum absolute atomic E-state index is 12.8. The number of carbonyl (C=O) groups excluding carboxylic acids is 1. The number of pyridine rings is 1. The molecule has 0 unspecified atom stereocenters. The lowest BCUT2D eigenvalue weighted by Crippen LogP contribution is -2.13. The fourth-order valence-corrected chi connectivity index (χ4v) is 2.97. The average molecular weight is 320 g/mol. The summed E-state index contributed by atoms with van der Waals surface area (Å²) >= 11 is 0. The molecule has 4 aromatic rings. The zero-order valence-corrected chi connectivity index (χ0v) is 13.6. The number of nitrogens with one attached hydrogen (secondary N) is 2. The summed E-state index contributed by atoms with van der Waals surface area (Å²) in [6.45, 7) is 3.75. The van der Waals surface area contributed by atoms with E-state index in [-0.39, 0.29) is 5.91 Å². The highest BCUT2D eigenvalue weighted by molar-refractivity contribution is 6.13. The Morgan fingerprint density at radius 2 is 2.08 bits per heavy atom. The maximum Gasteiger partial charge on any atom is 0.256 e. The van der Waals surface area contributed by atoms with Crippen LogP contribution in [-0.2, 0) is 7.05 Å². The maximum atomic E-state index is 12.8. The van der Waals surface area contributed by atoms with Crippen LogP contribution in [0.1, 0.15) is 21.7 Å². The first kappa shape index (κ1) is 14.4. The van der Waals surface area contributed by atoms with Crippen molar-refractivity contribution in [2.45, 2.75) is 13.8 Å². The molecule has 0 fully saturated rings. The molecule has 0 aliphatic heterocycles. The number of H-pyrrole nitrogens is 1. The number of fused-ring (bicyclic) bond motifs is 2. The largest absolute Gasteiger partial charge is 0.322 e. The highest BCUT2D eigenvalue weighted by atomic mass is 16.1. The number of hydrogen-bond donors (Lipinski definition) is 2. The van der Waals surface area contributed by atoms with Gasteiger partial charge in [-0.05, 0) is 38.1 Å². The average Bonchev–Trinajstić information content (AvgIpc) is 3.11. The van der Waals surface area contributed by atoms with Gasteiger partial charge in [0, 0.05) is 23.8 Å². The number of carbonyl (C=O) groups is 1. The molecule has 1 aromatic carbocycles. The highest BCUT2D eigenvalue weighted by Crippen LogP contribution is 2.23. The summed E-state index contributed by atoms with van der Waals surface area (Å²) in [4.78, 5) is 17.3. The van der Waals surface area contributed by atoms with Gasteiger partial charge < -0.3 is 5.32 Å². The second-order valence-electron chi connectivity index (χ2n) is 5.84. The summed E-state index contributed by atoms with van der Waals surface area (Å²) < 4.78 is 1.70. The molecule has 0 aliphatic rings. The molecule has 0 spiro atoms. The van der Waals surface area contributed by atoms with E-state index in [0.717, 1.165) is 33.4 Å². The van der Waals surface area contributed by atoms with Crippen molar-refractivity contribution in [1.29, 1.82) is 0 Å². The van der Waals surface area contributed by atoms with E-state index in [2.05, 4.69) is 25.6 Å². The van der Waals surface area contributed by atoms with Gasteiger partial charge in [-0.3, -0.25) is 14.6 Å². The van der Waals surface area contributed by atoms with Gasteiger partial charge in [0.05, 0.1) is 28.4 Å². The summed E-state index contributed by atoms with van der Waals surface area (Å²) in [5, 5.41) is 15.9. The molecule has 7 heteroatoms. The lowest BCUT2D eigenvalue weighted by molar-refractivity contribution is 0.102. The van der Waals surface area contributed by atoms with Crippen LogP contribution in [0.4, 0.5) is 5.69 Å². The Hall–Kier alpha value is -3.22. The summed E-state index contributed by atoms with van der Waals surface area (Å²) in [6, 6.07) is 7.42. The van der Waals surface area contributed by atoms with Crippen LogP contribution >= 0.6 is 0 Å². The number of rotatable bonds is 2. The number of hydrogen-bond acceptors (Lipinski definition) is 4. The van der Waals surface area contributed by atoms with Crippen molar-refractivity contribution >= 4 is 33.5 Å². The summed E-state index contributed by atoms with van der Waals surface area (Å²) in [5.74, 6) is -0.176. The van der Waals surface area contributed by atoms with Crippen LogP contribution in [0.15, 0.2) is 30.5 Å². The van der Waals surface area contributed by atoms with E-state index in [1.165, 1.54) is 0 Å². The normalized spacial score (nSPS) is 11.3. The van der Waals surface area contributed by atoms with Gasteiger partial charge in [0.15, 0.2) is 5.65 Å². The van der Waals surface area contributed by atoms with Crippen LogP contribution in [0.5, 0.6) is 0 Å². The number of aryl methyl sites for hydroxylation is 3. The van der Waals surface area contributed by atoms with Crippen molar-refractivity contribution in [3.05, 3.63) is 47.4 Å². The van der Waals surface area contributed by atoms with Gasteiger partial charge in [-0.1, -0.05) is 0 Å². The molecule has 0 saturated heterocycles. The van der Waals surface area contributed by atoms with Gasteiger partial charge >= 0.3 is 0 Å². The number of aromatic amines is 1. The van der Waals surface area contributed by atoms with Crippen LogP contribution in [0, 0.1) is 13.8 Å². The Morgan fingerprint density at radius 3 is 2.92 bits per heavy atom. The Morgan fingerprint density at radius 1 is 1.25 bits per heavy atom. The number of benzene rings is 1. The fourth-order valence-electron chi connectivity index (χ4n) is 2.97. The van der Waals surface area contributed by atoms with E-state index < -0.39 is 0 Å². The standard InChI is InChI=1S/C17H16N6O/c1-9-6-13(15-10(2)22-23(3)16(15)19-9)17(24)20-12-4-5-14-11(7-12)8-18-21-14/h4-8H,1-3H3,(H,18,21)(H,20,24).